The van der Waals surface area contributed by atoms with Crippen molar-refractivity contribution < 1.29 is 17.9 Å². The van der Waals surface area contributed by atoms with Crippen molar-refractivity contribution in [2.45, 2.75) is 51.5 Å². The van der Waals surface area contributed by atoms with Crippen LogP contribution in [0.15, 0.2) is 65.6 Å². The summed E-state index contributed by atoms with van der Waals surface area (Å²) in [5.41, 5.74) is 4.13. The summed E-state index contributed by atoms with van der Waals surface area (Å²) in [5, 5.41) is 3.20. The molecule has 1 N–H and O–H groups in total. The van der Waals surface area contributed by atoms with E-state index in [1.807, 2.05) is 32.9 Å². The molecule has 3 aromatic rings. The molecular formula is C28H33ClN2O4S. The Hall–Kier alpha value is -3.03. The lowest BCUT2D eigenvalue weighted by atomic mass is 9.93. The molecule has 0 heterocycles. The molecule has 6 nitrogen and oxygen atoms in total. The second-order valence-electron chi connectivity index (χ2n) is 9.17. The molecule has 3 rings (SSSR count). The van der Waals surface area contributed by atoms with Crippen LogP contribution in [0.5, 0.6) is 5.75 Å². The second-order valence-corrected chi connectivity index (χ2v) is 11.4. The molecule has 0 radical (unpaired) electrons. The first-order valence-electron chi connectivity index (χ1n) is 11.8. The van der Waals surface area contributed by atoms with Gasteiger partial charge in [0.1, 0.15) is 12.3 Å². The van der Waals surface area contributed by atoms with Crippen LogP contribution in [0, 0.1) is 13.8 Å². The third-order valence-corrected chi connectivity index (χ3v) is 8.20. The quantitative estimate of drug-likeness (QED) is 0.361. The van der Waals surface area contributed by atoms with Crippen molar-refractivity contribution in [3.8, 4) is 5.75 Å². The first-order valence-corrected chi connectivity index (χ1v) is 13.6. The Labute approximate surface area is 219 Å². The summed E-state index contributed by atoms with van der Waals surface area (Å²) in [7, 11) is -2.41. The van der Waals surface area contributed by atoms with E-state index in [4.69, 9.17) is 16.3 Å². The maximum Gasteiger partial charge on any atom is 0.264 e. The Morgan fingerprint density at radius 2 is 1.64 bits per heavy atom. The molecule has 0 unspecified atom stereocenters. The highest BCUT2D eigenvalue weighted by molar-refractivity contribution is 7.92. The van der Waals surface area contributed by atoms with Crippen LogP contribution in [0.2, 0.25) is 5.02 Å². The summed E-state index contributed by atoms with van der Waals surface area (Å²) in [6.45, 7) is 9.46. The van der Waals surface area contributed by atoms with E-state index in [9.17, 15) is 13.2 Å². The summed E-state index contributed by atoms with van der Waals surface area (Å²) >= 11 is 6.37. The number of ether oxygens (including phenoxy) is 1. The number of hydrogen-bond donors (Lipinski definition) is 1. The van der Waals surface area contributed by atoms with Crippen molar-refractivity contribution in [1.82, 2.24) is 5.32 Å². The van der Waals surface area contributed by atoms with Gasteiger partial charge in [-0.05, 0) is 79.8 Å². The maximum absolute atomic E-state index is 13.6. The average Bonchev–Trinajstić information content (AvgIpc) is 2.82. The number of sulfonamides is 1. The molecule has 36 heavy (non-hydrogen) atoms. The number of halogens is 1. The van der Waals surface area contributed by atoms with Crippen LogP contribution in [0.1, 0.15) is 55.0 Å². The number of anilines is 1. The lowest BCUT2D eigenvalue weighted by molar-refractivity contribution is -0.120. The van der Waals surface area contributed by atoms with Gasteiger partial charge in [0.25, 0.3) is 10.0 Å². The van der Waals surface area contributed by atoms with E-state index in [0.29, 0.717) is 0 Å². The minimum absolute atomic E-state index is 0.0847. The molecule has 1 atom stereocenters. The topological polar surface area (TPSA) is 75.7 Å². The number of hydrogen-bond acceptors (Lipinski definition) is 4. The van der Waals surface area contributed by atoms with Gasteiger partial charge >= 0.3 is 0 Å². The average molecular weight is 529 g/mol. The molecule has 0 saturated carbocycles. The van der Waals surface area contributed by atoms with E-state index < -0.39 is 22.5 Å². The largest absolute Gasteiger partial charge is 0.496 e. The molecule has 0 aromatic heterocycles. The zero-order valence-electron chi connectivity index (χ0n) is 21.5. The van der Waals surface area contributed by atoms with Gasteiger partial charge in [0.15, 0.2) is 0 Å². The Morgan fingerprint density at radius 3 is 2.22 bits per heavy atom. The molecule has 8 heteroatoms. The summed E-state index contributed by atoms with van der Waals surface area (Å²) in [6.07, 6.45) is 0. The number of benzene rings is 3. The molecule has 0 aliphatic carbocycles. The smallest absolute Gasteiger partial charge is 0.264 e. The summed E-state index contributed by atoms with van der Waals surface area (Å²) in [4.78, 5) is 13.3. The van der Waals surface area contributed by atoms with Gasteiger partial charge < -0.3 is 10.1 Å². The minimum Gasteiger partial charge on any atom is -0.496 e. The highest BCUT2D eigenvalue weighted by Gasteiger charge is 2.29. The third kappa shape index (κ3) is 6.02. The summed E-state index contributed by atoms with van der Waals surface area (Å²) in [6, 6.07) is 16.7. The predicted molar refractivity (Wildman–Crippen MR) is 146 cm³/mol. The monoisotopic (exact) mass is 528 g/mol. The van der Waals surface area contributed by atoms with Crippen molar-refractivity contribution in [2.24, 2.45) is 0 Å². The van der Waals surface area contributed by atoms with Crippen LogP contribution in [-0.2, 0) is 14.8 Å². The summed E-state index contributed by atoms with van der Waals surface area (Å²) in [5.74, 6) is 0.593. The van der Waals surface area contributed by atoms with Crippen molar-refractivity contribution in [2.75, 3.05) is 18.0 Å². The fourth-order valence-corrected chi connectivity index (χ4v) is 5.82. The Kier molecular flexibility index (Phi) is 8.69. The van der Waals surface area contributed by atoms with Gasteiger partial charge in [-0.1, -0.05) is 55.3 Å². The lowest BCUT2D eigenvalue weighted by Crippen LogP contribution is -2.41. The van der Waals surface area contributed by atoms with E-state index >= 15 is 0 Å². The van der Waals surface area contributed by atoms with Gasteiger partial charge in [0.05, 0.1) is 28.8 Å². The van der Waals surface area contributed by atoms with E-state index in [0.717, 1.165) is 32.3 Å². The molecule has 0 bridgehead atoms. The first kappa shape index (κ1) is 27.6. The SMILES string of the molecule is COc1cc(C)c([C@H](C)NC(=O)CN(c2ccccc2Cl)S(=O)(=O)c2ccc(C)cc2)cc1C(C)C. The number of amides is 1. The fraction of sp³-hybridized carbons (Fsp3) is 0.321. The third-order valence-electron chi connectivity index (χ3n) is 6.10. The molecule has 0 fully saturated rings. The van der Waals surface area contributed by atoms with E-state index in [1.54, 1.807) is 43.5 Å². The molecule has 0 saturated heterocycles. The van der Waals surface area contributed by atoms with Gasteiger partial charge in [-0.15, -0.1) is 0 Å². The van der Waals surface area contributed by atoms with Crippen molar-refractivity contribution in [1.29, 1.82) is 0 Å². The Balaban J connectivity index is 1.93. The van der Waals surface area contributed by atoms with E-state index in [-0.39, 0.29) is 27.6 Å². The molecular weight excluding hydrogens is 496 g/mol. The molecule has 192 valence electrons. The Bertz CT molecular complexity index is 1340. The van der Waals surface area contributed by atoms with Gasteiger partial charge in [-0.25, -0.2) is 8.42 Å². The van der Waals surface area contributed by atoms with Gasteiger partial charge in [-0.2, -0.15) is 0 Å². The van der Waals surface area contributed by atoms with Crippen molar-refractivity contribution in [3.63, 3.8) is 0 Å². The number of methoxy groups -OCH3 is 1. The van der Waals surface area contributed by atoms with E-state index in [2.05, 4.69) is 19.2 Å². The van der Waals surface area contributed by atoms with Crippen molar-refractivity contribution >= 4 is 33.2 Å². The zero-order chi connectivity index (χ0) is 26.6. The lowest BCUT2D eigenvalue weighted by Gasteiger charge is -2.26. The van der Waals surface area contributed by atoms with Crippen LogP contribution in [-0.4, -0.2) is 28.0 Å². The van der Waals surface area contributed by atoms with E-state index in [1.165, 1.54) is 12.1 Å². The predicted octanol–water partition coefficient (Wildman–Crippen LogP) is 6.16. The maximum atomic E-state index is 13.6. The normalized spacial score (nSPS) is 12.3. The second kappa shape index (κ2) is 11.4. The minimum atomic E-state index is -4.05. The van der Waals surface area contributed by atoms with Crippen LogP contribution in [0.3, 0.4) is 0 Å². The number of aryl methyl sites for hydroxylation is 2. The standard InChI is InChI=1S/C28H33ClN2O4S/c1-18(2)23-16-24(20(4)15-27(23)35-6)21(5)30-28(32)17-31(26-10-8-7-9-25(26)29)36(33,34)22-13-11-19(3)12-14-22/h7-16,18,21H,17H2,1-6H3,(H,30,32)/t21-/m0/s1. The number of nitrogens with one attached hydrogen (secondary N) is 1. The van der Waals surface area contributed by atoms with Crippen LogP contribution in [0.4, 0.5) is 5.69 Å². The molecule has 3 aromatic carbocycles. The number of carbonyl (C=O) groups is 1. The molecule has 0 spiro atoms. The summed E-state index contributed by atoms with van der Waals surface area (Å²) < 4.78 is 33.8. The number of carbonyl (C=O) groups excluding carboxylic acids is 1. The highest BCUT2D eigenvalue weighted by Crippen LogP contribution is 2.33. The number of nitrogens with zero attached hydrogens (tertiary/aromatic N) is 1. The highest BCUT2D eigenvalue weighted by atomic mass is 35.5. The molecule has 0 aliphatic rings. The fourth-order valence-electron chi connectivity index (χ4n) is 4.10. The van der Waals surface area contributed by atoms with Crippen molar-refractivity contribution in [3.05, 3.63) is 87.9 Å². The van der Waals surface area contributed by atoms with Crippen LogP contribution in [0.25, 0.3) is 0 Å². The number of rotatable bonds is 9. The van der Waals surface area contributed by atoms with Crippen LogP contribution < -0.4 is 14.4 Å². The molecule has 0 aliphatic heterocycles. The zero-order valence-corrected chi connectivity index (χ0v) is 23.1. The van der Waals surface area contributed by atoms with Gasteiger partial charge in [0.2, 0.25) is 5.91 Å². The first-order chi connectivity index (χ1) is 16.9. The number of para-hydroxylation sites is 1. The van der Waals surface area contributed by atoms with Crippen LogP contribution >= 0.6 is 11.6 Å². The van der Waals surface area contributed by atoms with Gasteiger partial charge in [0, 0.05) is 0 Å². The van der Waals surface area contributed by atoms with Gasteiger partial charge in [-0.3, -0.25) is 9.10 Å². The molecule has 1 amide bonds. The Morgan fingerprint density at radius 1 is 1.00 bits per heavy atom.